The summed E-state index contributed by atoms with van der Waals surface area (Å²) in [5, 5.41) is 14.2. The van der Waals surface area contributed by atoms with Gasteiger partial charge in [0.15, 0.2) is 11.6 Å². The molecule has 1 fully saturated rings. The quantitative estimate of drug-likeness (QED) is 0.748. The molecule has 0 bridgehead atoms. The molecule has 2 N–H and O–H groups in total. The number of aromatic nitrogens is 4. The number of carbonyl (C=O) groups is 1. The smallest absolute Gasteiger partial charge is 0.275 e. The Morgan fingerprint density at radius 1 is 1.27 bits per heavy atom. The van der Waals surface area contributed by atoms with Crippen LogP contribution in [-0.4, -0.2) is 38.6 Å². The second kappa shape index (κ2) is 6.34. The first-order valence-electron chi connectivity index (χ1n) is 8.10. The van der Waals surface area contributed by atoms with Gasteiger partial charge in [-0.1, -0.05) is 0 Å². The molecule has 1 aliphatic heterocycles. The van der Waals surface area contributed by atoms with E-state index in [4.69, 9.17) is 0 Å². The van der Waals surface area contributed by atoms with Gasteiger partial charge in [0.1, 0.15) is 17.2 Å². The van der Waals surface area contributed by atoms with Crippen molar-refractivity contribution in [3.63, 3.8) is 0 Å². The lowest BCUT2D eigenvalue weighted by Crippen LogP contribution is -2.45. The van der Waals surface area contributed by atoms with E-state index < -0.39 is 11.6 Å². The minimum Gasteiger partial charge on any atom is -0.312 e. The fourth-order valence-electron chi connectivity index (χ4n) is 2.84. The number of rotatable bonds is 4. The highest BCUT2D eigenvalue weighted by Gasteiger charge is 2.24. The van der Waals surface area contributed by atoms with Crippen LogP contribution in [0.15, 0.2) is 36.5 Å². The molecule has 26 heavy (non-hydrogen) atoms. The van der Waals surface area contributed by atoms with Gasteiger partial charge in [-0.2, -0.15) is 5.10 Å². The molecule has 0 aliphatic carbocycles. The first-order chi connectivity index (χ1) is 12.5. The molecule has 7 nitrogen and oxygen atoms in total. The largest absolute Gasteiger partial charge is 0.312 e. The molecular weight excluding hydrogens is 342 g/mol. The number of carbonyl (C=O) groups excluding carboxylic acids is 1. The first kappa shape index (κ1) is 16.4. The molecule has 1 aromatic carbocycles. The van der Waals surface area contributed by atoms with Crippen molar-refractivity contribution in [3.05, 3.63) is 59.6 Å². The lowest BCUT2D eigenvalue weighted by molar-refractivity contribution is 0.101. The summed E-state index contributed by atoms with van der Waals surface area (Å²) < 4.78 is 30.1. The van der Waals surface area contributed by atoms with Crippen LogP contribution in [0.3, 0.4) is 0 Å². The standard InChI is InChI=1S/C17H16F2N6O/c1-10-6-16(23-24(10)14-3-2-11(18)7-13(14)19)22-17(26)15-4-5-21-25(15)12-8-20-9-12/h2-7,12,20H,8-9H2,1H3,(H,22,23,26). The van der Waals surface area contributed by atoms with Crippen molar-refractivity contribution in [2.75, 3.05) is 18.4 Å². The predicted molar refractivity (Wildman–Crippen MR) is 90.3 cm³/mol. The van der Waals surface area contributed by atoms with Crippen LogP contribution in [-0.2, 0) is 0 Å². The molecule has 134 valence electrons. The summed E-state index contributed by atoms with van der Waals surface area (Å²) in [5.41, 5.74) is 1.13. The van der Waals surface area contributed by atoms with E-state index in [1.165, 1.54) is 10.7 Å². The molecule has 2 aromatic heterocycles. The Kier molecular flexibility index (Phi) is 4.00. The van der Waals surface area contributed by atoms with Crippen molar-refractivity contribution in [1.82, 2.24) is 24.9 Å². The summed E-state index contributed by atoms with van der Waals surface area (Å²) in [5.74, 6) is -1.47. The molecule has 0 unspecified atom stereocenters. The minimum atomic E-state index is -0.732. The van der Waals surface area contributed by atoms with Gasteiger partial charge in [-0.25, -0.2) is 13.5 Å². The maximum absolute atomic E-state index is 14.0. The SMILES string of the molecule is Cc1cc(NC(=O)c2ccnn2C2CNC2)nn1-c1ccc(F)cc1F. The summed E-state index contributed by atoms with van der Waals surface area (Å²) in [6, 6.07) is 6.65. The Labute approximate surface area is 147 Å². The van der Waals surface area contributed by atoms with E-state index >= 15 is 0 Å². The Hall–Kier alpha value is -3.07. The lowest BCUT2D eigenvalue weighted by Gasteiger charge is -2.28. The Morgan fingerprint density at radius 2 is 2.08 bits per heavy atom. The zero-order chi connectivity index (χ0) is 18.3. The van der Waals surface area contributed by atoms with Crippen molar-refractivity contribution in [2.24, 2.45) is 0 Å². The summed E-state index contributed by atoms with van der Waals surface area (Å²) in [7, 11) is 0. The average molecular weight is 358 g/mol. The van der Waals surface area contributed by atoms with E-state index in [1.54, 1.807) is 29.9 Å². The van der Waals surface area contributed by atoms with Crippen LogP contribution >= 0.6 is 0 Å². The Morgan fingerprint density at radius 3 is 2.77 bits per heavy atom. The maximum Gasteiger partial charge on any atom is 0.275 e. The van der Waals surface area contributed by atoms with E-state index in [2.05, 4.69) is 20.8 Å². The van der Waals surface area contributed by atoms with Gasteiger partial charge in [-0.3, -0.25) is 9.48 Å². The summed E-state index contributed by atoms with van der Waals surface area (Å²) in [6.07, 6.45) is 1.57. The van der Waals surface area contributed by atoms with Gasteiger partial charge in [0.25, 0.3) is 5.91 Å². The van der Waals surface area contributed by atoms with Gasteiger partial charge in [0.2, 0.25) is 0 Å². The van der Waals surface area contributed by atoms with Crippen LogP contribution < -0.4 is 10.6 Å². The topological polar surface area (TPSA) is 76.8 Å². The van der Waals surface area contributed by atoms with Gasteiger partial charge < -0.3 is 10.6 Å². The van der Waals surface area contributed by atoms with Crippen LogP contribution in [0.5, 0.6) is 0 Å². The number of nitrogens with zero attached hydrogens (tertiary/aromatic N) is 4. The molecule has 0 spiro atoms. The molecular formula is C17H16F2N6O. The average Bonchev–Trinajstić information content (AvgIpc) is 3.13. The second-order valence-corrected chi connectivity index (χ2v) is 6.11. The summed E-state index contributed by atoms with van der Waals surface area (Å²) >= 11 is 0. The Balaban J connectivity index is 1.58. The van der Waals surface area contributed by atoms with E-state index in [0.717, 1.165) is 25.2 Å². The summed E-state index contributed by atoms with van der Waals surface area (Å²) in [4.78, 5) is 12.5. The number of hydrogen-bond acceptors (Lipinski definition) is 4. The zero-order valence-electron chi connectivity index (χ0n) is 13.9. The molecule has 9 heteroatoms. The van der Waals surface area contributed by atoms with E-state index in [9.17, 15) is 13.6 Å². The van der Waals surface area contributed by atoms with Gasteiger partial charge in [-0.15, -0.1) is 5.10 Å². The van der Waals surface area contributed by atoms with Crippen molar-refractivity contribution >= 4 is 11.7 Å². The van der Waals surface area contributed by atoms with Gasteiger partial charge >= 0.3 is 0 Å². The number of amides is 1. The highest BCUT2D eigenvalue weighted by Crippen LogP contribution is 2.20. The molecule has 1 saturated heterocycles. The monoisotopic (exact) mass is 358 g/mol. The highest BCUT2D eigenvalue weighted by molar-refractivity contribution is 6.02. The zero-order valence-corrected chi connectivity index (χ0v) is 13.9. The second-order valence-electron chi connectivity index (χ2n) is 6.11. The molecule has 0 radical (unpaired) electrons. The van der Waals surface area contributed by atoms with Gasteiger partial charge in [-0.05, 0) is 25.1 Å². The van der Waals surface area contributed by atoms with Crippen molar-refractivity contribution < 1.29 is 13.6 Å². The molecule has 3 aromatic rings. The molecule has 3 heterocycles. The first-order valence-corrected chi connectivity index (χ1v) is 8.10. The lowest BCUT2D eigenvalue weighted by atomic mass is 10.2. The number of benzene rings is 1. The third-order valence-electron chi connectivity index (χ3n) is 4.28. The Bertz CT molecular complexity index is 976. The predicted octanol–water partition coefficient (Wildman–Crippen LogP) is 2.05. The highest BCUT2D eigenvalue weighted by atomic mass is 19.1. The van der Waals surface area contributed by atoms with Gasteiger partial charge in [0, 0.05) is 37.1 Å². The van der Waals surface area contributed by atoms with E-state index in [-0.39, 0.29) is 23.5 Å². The van der Waals surface area contributed by atoms with Crippen LogP contribution in [0.4, 0.5) is 14.6 Å². The number of aryl methyl sites for hydroxylation is 1. The molecule has 1 aliphatic rings. The van der Waals surface area contributed by atoms with Crippen LogP contribution in [0.25, 0.3) is 5.69 Å². The van der Waals surface area contributed by atoms with Crippen molar-refractivity contribution in [1.29, 1.82) is 0 Å². The van der Waals surface area contributed by atoms with Gasteiger partial charge in [0.05, 0.1) is 6.04 Å². The van der Waals surface area contributed by atoms with Crippen LogP contribution in [0, 0.1) is 18.6 Å². The van der Waals surface area contributed by atoms with Crippen molar-refractivity contribution in [3.8, 4) is 5.69 Å². The minimum absolute atomic E-state index is 0.106. The van der Waals surface area contributed by atoms with Crippen molar-refractivity contribution in [2.45, 2.75) is 13.0 Å². The molecule has 0 saturated carbocycles. The molecule has 0 atom stereocenters. The maximum atomic E-state index is 14.0. The third-order valence-corrected chi connectivity index (χ3v) is 4.28. The van der Waals surface area contributed by atoms with E-state index in [0.29, 0.717) is 11.4 Å². The number of hydrogen-bond donors (Lipinski definition) is 2. The molecule has 1 amide bonds. The van der Waals surface area contributed by atoms with Crippen LogP contribution in [0.1, 0.15) is 22.2 Å². The molecule has 4 rings (SSSR count). The fraction of sp³-hybridized carbons (Fsp3) is 0.235. The number of nitrogens with one attached hydrogen (secondary N) is 2. The number of anilines is 1. The normalized spacial score (nSPS) is 14.3. The number of halogens is 2. The third kappa shape index (κ3) is 2.86. The fourth-order valence-corrected chi connectivity index (χ4v) is 2.84. The van der Waals surface area contributed by atoms with Crippen LogP contribution in [0.2, 0.25) is 0 Å². The van der Waals surface area contributed by atoms with E-state index in [1.807, 2.05) is 0 Å². The summed E-state index contributed by atoms with van der Waals surface area (Å²) in [6.45, 7) is 3.24.